The molecule has 1 N–H and O–H groups in total. The van der Waals surface area contributed by atoms with E-state index < -0.39 is 21.9 Å². The summed E-state index contributed by atoms with van der Waals surface area (Å²) in [6.45, 7) is 3.00. The first-order chi connectivity index (χ1) is 12.2. The number of anilines is 1. The van der Waals surface area contributed by atoms with Crippen molar-refractivity contribution >= 4 is 44.1 Å². The van der Waals surface area contributed by atoms with Crippen molar-refractivity contribution < 1.29 is 22.7 Å². The zero-order valence-electron chi connectivity index (χ0n) is 14.1. The van der Waals surface area contributed by atoms with Crippen molar-refractivity contribution in [2.45, 2.75) is 18.7 Å². The van der Waals surface area contributed by atoms with Crippen LogP contribution in [-0.4, -0.2) is 36.6 Å². The van der Waals surface area contributed by atoms with Crippen LogP contribution in [-0.2, 0) is 24.3 Å². The number of aromatic nitrogens is 1. The molecule has 0 saturated heterocycles. The Morgan fingerprint density at radius 1 is 1.27 bits per heavy atom. The van der Waals surface area contributed by atoms with Gasteiger partial charge < -0.3 is 4.74 Å². The van der Waals surface area contributed by atoms with Crippen molar-refractivity contribution in [3.05, 3.63) is 46.6 Å². The smallest absolute Gasteiger partial charge is 0.308 e. The van der Waals surface area contributed by atoms with Crippen LogP contribution < -0.4 is 5.32 Å². The molecular weight excluding hydrogens is 378 g/mol. The van der Waals surface area contributed by atoms with Gasteiger partial charge in [0.05, 0.1) is 4.90 Å². The minimum Gasteiger partial charge on any atom is -0.424 e. The van der Waals surface area contributed by atoms with E-state index in [1.54, 1.807) is 18.3 Å². The molecule has 0 radical (unpaired) electrons. The van der Waals surface area contributed by atoms with Crippen LogP contribution >= 0.6 is 11.3 Å². The van der Waals surface area contributed by atoms with Gasteiger partial charge in [-0.05, 0) is 19.1 Å². The van der Waals surface area contributed by atoms with Gasteiger partial charge in [-0.3, -0.25) is 19.2 Å². The Morgan fingerprint density at radius 3 is 2.58 bits per heavy atom. The summed E-state index contributed by atoms with van der Waals surface area (Å²) in [5.74, 6) is -1.52. The Kier molecular flexibility index (Phi) is 4.55. The Bertz CT molecular complexity index is 1040. The number of hydrogen-bond donors (Lipinski definition) is 1. The highest BCUT2D eigenvalue weighted by atomic mass is 32.2. The molecule has 0 atom stereocenters. The van der Waals surface area contributed by atoms with Gasteiger partial charge in [-0.25, -0.2) is 13.4 Å². The minimum atomic E-state index is -3.96. The number of rotatable bonds is 3. The molecule has 1 aliphatic rings. The van der Waals surface area contributed by atoms with Crippen LogP contribution in [0.4, 0.5) is 5.13 Å². The molecule has 8 nitrogen and oxygen atoms in total. The third kappa shape index (κ3) is 3.08. The second-order valence-electron chi connectivity index (χ2n) is 5.47. The van der Waals surface area contributed by atoms with E-state index in [1.165, 1.54) is 37.4 Å². The number of nitrogens with zero attached hydrogens (tertiary/aromatic N) is 2. The van der Waals surface area contributed by atoms with Gasteiger partial charge in [-0.1, -0.05) is 12.1 Å². The fraction of sp³-hybridized carbons (Fsp3) is 0.188. The fourth-order valence-electron chi connectivity index (χ4n) is 2.48. The van der Waals surface area contributed by atoms with Gasteiger partial charge in [0.2, 0.25) is 0 Å². The molecule has 1 aromatic heterocycles. The molecule has 2 heterocycles. The van der Waals surface area contributed by atoms with Crippen molar-refractivity contribution in [2.75, 3.05) is 12.4 Å². The number of likely N-dealkylation sites (N-methyl/N-ethyl adjacent to an activating group) is 1. The number of aryl methyl sites for hydroxylation is 1. The van der Waals surface area contributed by atoms with Crippen LogP contribution in [0, 0.1) is 6.92 Å². The summed E-state index contributed by atoms with van der Waals surface area (Å²) >= 11 is 1.24. The van der Waals surface area contributed by atoms with Crippen molar-refractivity contribution in [3.8, 4) is 0 Å². The van der Waals surface area contributed by atoms with E-state index in [1.807, 2.05) is 6.92 Å². The maximum atomic E-state index is 12.8. The first kappa shape index (κ1) is 18.1. The van der Waals surface area contributed by atoms with Gasteiger partial charge >= 0.3 is 5.97 Å². The monoisotopic (exact) mass is 393 g/mol. The van der Waals surface area contributed by atoms with Crippen molar-refractivity contribution in [3.63, 3.8) is 0 Å². The third-order valence-corrected chi connectivity index (χ3v) is 6.25. The van der Waals surface area contributed by atoms with Crippen LogP contribution in [0.25, 0.3) is 5.76 Å². The molecule has 0 fully saturated rings. The van der Waals surface area contributed by atoms with E-state index >= 15 is 0 Å². The molecule has 1 amide bonds. The predicted octanol–water partition coefficient (Wildman–Crippen LogP) is 1.96. The second-order valence-corrected chi connectivity index (χ2v) is 8.64. The Balaban J connectivity index is 2.17. The lowest BCUT2D eigenvalue weighted by atomic mass is 10.1. The number of benzene rings is 1. The molecule has 0 bridgehead atoms. The van der Waals surface area contributed by atoms with Gasteiger partial charge in [-0.15, -0.1) is 11.3 Å². The SMILES string of the molecule is CC(=O)OC1=C(C(=O)Nc2ncc(C)s2)N(C)S(=O)(=O)c2ccccc21. The van der Waals surface area contributed by atoms with Crippen molar-refractivity contribution in [2.24, 2.45) is 0 Å². The lowest BCUT2D eigenvalue weighted by Gasteiger charge is -2.29. The molecular formula is C16H15N3O5S2. The number of carbonyl (C=O) groups excluding carboxylic acids is 2. The highest BCUT2D eigenvalue weighted by molar-refractivity contribution is 7.89. The molecule has 2 aromatic rings. The normalized spacial score (nSPS) is 15.4. The van der Waals surface area contributed by atoms with E-state index in [9.17, 15) is 18.0 Å². The highest BCUT2D eigenvalue weighted by Crippen LogP contribution is 2.37. The van der Waals surface area contributed by atoms with Crippen molar-refractivity contribution in [1.82, 2.24) is 9.29 Å². The average molecular weight is 393 g/mol. The molecule has 0 saturated carbocycles. The topological polar surface area (TPSA) is 106 Å². The van der Waals surface area contributed by atoms with E-state index in [0.29, 0.717) is 5.13 Å². The Labute approximate surface area is 154 Å². The minimum absolute atomic E-state index is 0.0413. The molecule has 1 aliphatic heterocycles. The van der Waals surface area contributed by atoms with Crippen LogP contribution in [0.1, 0.15) is 17.4 Å². The van der Waals surface area contributed by atoms with E-state index in [-0.39, 0.29) is 21.9 Å². The quantitative estimate of drug-likeness (QED) is 0.799. The maximum absolute atomic E-state index is 12.8. The van der Waals surface area contributed by atoms with Crippen LogP contribution in [0.3, 0.4) is 0 Å². The average Bonchev–Trinajstić information content (AvgIpc) is 2.97. The van der Waals surface area contributed by atoms with E-state index in [4.69, 9.17) is 4.74 Å². The highest BCUT2D eigenvalue weighted by Gasteiger charge is 2.39. The number of ether oxygens (including phenoxy) is 1. The largest absolute Gasteiger partial charge is 0.424 e. The van der Waals surface area contributed by atoms with Crippen LogP contribution in [0.2, 0.25) is 0 Å². The van der Waals surface area contributed by atoms with Gasteiger partial charge in [0.1, 0.15) is 0 Å². The molecule has 0 aliphatic carbocycles. The number of nitrogens with one attached hydrogen (secondary N) is 1. The van der Waals surface area contributed by atoms with Crippen LogP contribution in [0.5, 0.6) is 0 Å². The number of hydrogen-bond acceptors (Lipinski definition) is 7. The summed E-state index contributed by atoms with van der Waals surface area (Å²) in [5, 5.41) is 2.86. The third-order valence-electron chi connectivity index (χ3n) is 3.60. The summed E-state index contributed by atoms with van der Waals surface area (Å²) in [6, 6.07) is 6.03. The first-order valence-corrected chi connectivity index (χ1v) is 9.72. The second kappa shape index (κ2) is 6.54. The Morgan fingerprint density at radius 2 is 1.96 bits per heavy atom. The maximum Gasteiger partial charge on any atom is 0.308 e. The number of carbonyl (C=O) groups is 2. The molecule has 26 heavy (non-hydrogen) atoms. The lowest BCUT2D eigenvalue weighted by Crippen LogP contribution is -2.37. The summed E-state index contributed by atoms with van der Waals surface area (Å²) < 4.78 is 31.6. The zero-order valence-corrected chi connectivity index (χ0v) is 15.8. The molecule has 136 valence electrons. The standard InChI is InChI=1S/C16H15N3O5S2/c1-9-8-17-16(25-9)18-15(21)13-14(24-10(2)20)11-6-4-5-7-12(11)26(22,23)19(13)3/h4-8H,1-3H3,(H,17,18,21). The van der Waals surface area contributed by atoms with E-state index in [0.717, 1.165) is 9.18 Å². The molecule has 0 spiro atoms. The van der Waals surface area contributed by atoms with Gasteiger partial charge in [0.15, 0.2) is 16.6 Å². The predicted molar refractivity (Wildman–Crippen MR) is 95.6 cm³/mol. The Hall–Kier alpha value is -2.72. The summed E-state index contributed by atoms with van der Waals surface area (Å²) in [4.78, 5) is 29.2. The van der Waals surface area contributed by atoms with Gasteiger partial charge in [0, 0.05) is 30.6 Å². The summed E-state index contributed by atoms with van der Waals surface area (Å²) in [7, 11) is -2.73. The summed E-state index contributed by atoms with van der Waals surface area (Å²) in [6.07, 6.45) is 1.58. The molecule has 0 unspecified atom stereocenters. The number of sulfonamides is 1. The van der Waals surface area contributed by atoms with Gasteiger partial charge in [-0.2, -0.15) is 0 Å². The summed E-state index contributed by atoms with van der Waals surface area (Å²) in [5.41, 5.74) is -0.131. The molecule has 10 heteroatoms. The number of amides is 1. The first-order valence-electron chi connectivity index (χ1n) is 7.46. The lowest BCUT2D eigenvalue weighted by molar-refractivity contribution is -0.134. The fourth-order valence-corrected chi connectivity index (χ4v) is 4.53. The molecule has 3 rings (SSSR count). The van der Waals surface area contributed by atoms with Crippen molar-refractivity contribution in [1.29, 1.82) is 0 Å². The molecule has 1 aromatic carbocycles. The number of esters is 1. The number of fused-ring (bicyclic) bond motifs is 1. The van der Waals surface area contributed by atoms with Crippen LogP contribution in [0.15, 0.2) is 41.1 Å². The number of thiazole rings is 1. The van der Waals surface area contributed by atoms with Gasteiger partial charge in [0.25, 0.3) is 15.9 Å². The van der Waals surface area contributed by atoms with E-state index in [2.05, 4.69) is 10.3 Å². The zero-order chi connectivity index (χ0) is 19.1.